The predicted molar refractivity (Wildman–Crippen MR) is 42.1 cm³/mol. The first-order chi connectivity index (χ1) is 5.07. The largest absolute Gasteiger partial charge is 0.460 e. The summed E-state index contributed by atoms with van der Waals surface area (Å²) in [4.78, 5) is 10.4. The molecular formula is C8H16O3. The van der Waals surface area contributed by atoms with Crippen LogP contribution in [0.1, 0.15) is 33.6 Å². The standard InChI is InChI=1S/C8H16O3/c1-4-5-8(10)6(2)11-7(3)9/h6,8,10H,4-5H2,1-3H3. The van der Waals surface area contributed by atoms with Crippen LogP contribution in [0.2, 0.25) is 0 Å². The van der Waals surface area contributed by atoms with Gasteiger partial charge in [-0.1, -0.05) is 13.3 Å². The van der Waals surface area contributed by atoms with Gasteiger partial charge in [-0.2, -0.15) is 0 Å². The normalized spacial score (nSPS) is 15.6. The SMILES string of the molecule is CCCC(O)C(C)OC(C)=O. The van der Waals surface area contributed by atoms with Crippen LogP contribution < -0.4 is 0 Å². The second-order valence-corrected chi connectivity index (χ2v) is 2.67. The molecule has 3 nitrogen and oxygen atoms in total. The van der Waals surface area contributed by atoms with Gasteiger partial charge in [-0.25, -0.2) is 0 Å². The summed E-state index contributed by atoms with van der Waals surface area (Å²) >= 11 is 0. The summed E-state index contributed by atoms with van der Waals surface area (Å²) in [5, 5.41) is 9.29. The van der Waals surface area contributed by atoms with Crippen LogP contribution in [0.5, 0.6) is 0 Å². The van der Waals surface area contributed by atoms with Crippen molar-refractivity contribution in [2.45, 2.75) is 45.8 Å². The number of ether oxygens (including phenoxy) is 1. The van der Waals surface area contributed by atoms with E-state index < -0.39 is 6.10 Å². The maximum Gasteiger partial charge on any atom is 0.302 e. The van der Waals surface area contributed by atoms with Gasteiger partial charge >= 0.3 is 5.97 Å². The fraction of sp³-hybridized carbons (Fsp3) is 0.875. The molecule has 2 unspecified atom stereocenters. The number of carbonyl (C=O) groups excluding carboxylic acids is 1. The Morgan fingerprint density at radius 3 is 2.55 bits per heavy atom. The highest BCUT2D eigenvalue weighted by atomic mass is 16.6. The van der Waals surface area contributed by atoms with E-state index >= 15 is 0 Å². The molecule has 0 aromatic heterocycles. The van der Waals surface area contributed by atoms with Crippen molar-refractivity contribution >= 4 is 5.97 Å². The van der Waals surface area contributed by atoms with Crippen LogP contribution in [0, 0.1) is 0 Å². The lowest BCUT2D eigenvalue weighted by Crippen LogP contribution is -2.27. The molecule has 3 heteroatoms. The van der Waals surface area contributed by atoms with Crippen LogP contribution in [0.3, 0.4) is 0 Å². The van der Waals surface area contributed by atoms with Crippen molar-refractivity contribution in [1.82, 2.24) is 0 Å². The van der Waals surface area contributed by atoms with Gasteiger partial charge in [-0.05, 0) is 13.3 Å². The summed E-state index contributed by atoms with van der Waals surface area (Å²) in [6, 6.07) is 0. The monoisotopic (exact) mass is 160 g/mol. The number of rotatable bonds is 4. The Labute approximate surface area is 67.4 Å². The summed E-state index contributed by atoms with van der Waals surface area (Å²) in [5.74, 6) is -0.340. The van der Waals surface area contributed by atoms with Crippen molar-refractivity contribution in [2.75, 3.05) is 0 Å². The number of esters is 1. The molecule has 0 aliphatic carbocycles. The van der Waals surface area contributed by atoms with Gasteiger partial charge < -0.3 is 9.84 Å². The lowest BCUT2D eigenvalue weighted by Gasteiger charge is -2.17. The van der Waals surface area contributed by atoms with Crippen molar-refractivity contribution < 1.29 is 14.6 Å². The molecule has 1 N–H and O–H groups in total. The Balaban J connectivity index is 3.63. The molecule has 0 fully saturated rings. The zero-order valence-electron chi connectivity index (χ0n) is 7.33. The van der Waals surface area contributed by atoms with Gasteiger partial charge in [0.15, 0.2) is 0 Å². The topological polar surface area (TPSA) is 46.5 Å². The minimum absolute atomic E-state index is 0.340. The van der Waals surface area contributed by atoms with Crippen molar-refractivity contribution in [2.24, 2.45) is 0 Å². The first-order valence-electron chi connectivity index (χ1n) is 3.93. The van der Waals surface area contributed by atoms with E-state index in [0.717, 1.165) is 6.42 Å². The molecule has 11 heavy (non-hydrogen) atoms. The molecular weight excluding hydrogens is 144 g/mol. The quantitative estimate of drug-likeness (QED) is 0.626. The highest BCUT2D eigenvalue weighted by Gasteiger charge is 2.15. The molecule has 2 atom stereocenters. The zero-order valence-corrected chi connectivity index (χ0v) is 7.33. The van der Waals surface area contributed by atoms with Crippen LogP contribution in [0.15, 0.2) is 0 Å². The van der Waals surface area contributed by atoms with Gasteiger partial charge in [0.2, 0.25) is 0 Å². The van der Waals surface area contributed by atoms with Crippen molar-refractivity contribution in [3.8, 4) is 0 Å². The van der Waals surface area contributed by atoms with E-state index in [1.807, 2.05) is 6.92 Å². The minimum Gasteiger partial charge on any atom is -0.460 e. The third-order valence-corrected chi connectivity index (χ3v) is 1.48. The molecule has 0 radical (unpaired) electrons. The summed E-state index contributed by atoms with van der Waals surface area (Å²) in [6.07, 6.45) is 0.664. The Hall–Kier alpha value is -0.570. The average molecular weight is 160 g/mol. The molecule has 0 amide bonds. The fourth-order valence-electron chi connectivity index (χ4n) is 0.871. The van der Waals surface area contributed by atoms with Crippen molar-refractivity contribution in [1.29, 1.82) is 0 Å². The molecule has 0 rings (SSSR count). The number of carbonyl (C=O) groups is 1. The van der Waals surface area contributed by atoms with E-state index in [0.29, 0.717) is 6.42 Å². The number of aliphatic hydroxyl groups is 1. The lowest BCUT2D eigenvalue weighted by atomic mass is 10.1. The van der Waals surface area contributed by atoms with Gasteiger partial charge in [0.05, 0.1) is 6.10 Å². The van der Waals surface area contributed by atoms with Crippen LogP contribution in [-0.2, 0) is 9.53 Å². The molecule has 0 aromatic rings. The maximum atomic E-state index is 10.4. The molecule has 66 valence electrons. The van der Waals surface area contributed by atoms with Crippen LogP contribution in [-0.4, -0.2) is 23.3 Å². The minimum atomic E-state index is -0.524. The summed E-state index contributed by atoms with van der Waals surface area (Å²) in [6.45, 7) is 5.01. The smallest absolute Gasteiger partial charge is 0.302 e. The summed E-state index contributed by atoms with van der Waals surface area (Å²) in [5.41, 5.74) is 0. The van der Waals surface area contributed by atoms with Gasteiger partial charge in [-0.15, -0.1) is 0 Å². The second-order valence-electron chi connectivity index (χ2n) is 2.67. The Bertz CT molecular complexity index is 123. The number of hydrogen-bond acceptors (Lipinski definition) is 3. The first-order valence-corrected chi connectivity index (χ1v) is 3.93. The highest BCUT2D eigenvalue weighted by Crippen LogP contribution is 2.05. The van der Waals surface area contributed by atoms with E-state index in [1.165, 1.54) is 6.92 Å². The maximum absolute atomic E-state index is 10.4. The molecule has 0 spiro atoms. The molecule has 0 saturated carbocycles. The van der Waals surface area contributed by atoms with E-state index in [4.69, 9.17) is 4.74 Å². The van der Waals surface area contributed by atoms with E-state index in [9.17, 15) is 9.90 Å². The molecule has 0 aliphatic heterocycles. The Morgan fingerprint density at radius 1 is 1.64 bits per heavy atom. The molecule has 0 aliphatic rings. The summed E-state index contributed by atoms with van der Waals surface area (Å²) in [7, 11) is 0. The van der Waals surface area contributed by atoms with E-state index in [1.54, 1.807) is 6.92 Å². The van der Waals surface area contributed by atoms with Crippen molar-refractivity contribution in [3.05, 3.63) is 0 Å². The Morgan fingerprint density at radius 2 is 2.18 bits per heavy atom. The van der Waals surface area contributed by atoms with Gasteiger partial charge in [0.1, 0.15) is 6.10 Å². The van der Waals surface area contributed by atoms with Crippen molar-refractivity contribution in [3.63, 3.8) is 0 Å². The fourth-order valence-corrected chi connectivity index (χ4v) is 0.871. The number of aliphatic hydroxyl groups excluding tert-OH is 1. The van der Waals surface area contributed by atoms with Gasteiger partial charge in [0, 0.05) is 6.92 Å². The molecule has 0 heterocycles. The van der Waals surface area contributed by atoms with Gasteiger partial charge in [0.25, 0.3) is 0 Å². The average Bonchev–Trinajstić information content (AvgIpc) is 1.86. The first kappa shape index (κ1) is 10.4. The third-order valence-electron chi connectivity index (χ3n) is 1.48. The highest BCUT2D eigenvalue weighted by molar-refractivity contribution is 5.66. The number of hydrogen-bond donors (Lipinski definition) is 1. The van der Waals surface area contributed by atoms with Crippen LogP contribution in [0.4, 0.5) is 0 Å². The third kappa shape index (κ3) is 4.79. The summed E-state index contributed by atoms with van der Waals surface area (Å²) < 4.78 is 4.78. The van der Waals surface area contributed by atoms with Crippen LogP contribution in [0.25, 0.3) is 0 Å². The Kier molecular flexibility index (Phi) is 4.86. The van der Waals surface area contributed by atoms with E-state index in [2.05, 4.69) is 0 Å². The lowest BCUT2D eigenvalue weighted by molar-refractivity contribution is -0.151. The second kappa shape index (κ2) is 5.13. The molecule has 0 saturated heterocycles. The van der Waals surface area contributed by atoms with Crippen LogP contribution >= 0.6 is 0 Å². The zero-order chi connectivity index (χ0) is 8.85. The molecule has 0 bridgehead atoms. The predicted octanol–water partition coefficient (Wildman–Crippen LogP) is 1.10. The molecule has 0 aromatic carbocycles. The van der Waals surface area contributed by atoms with Gasteiger partial charge in [-0.3, -0.25) is 4.79 Å². The van der Waals surface area contributed by atoms with E-state index in [-0.39, 0.29) is 12.1 Å².